The summed E-state index contributed by atoms with van der Waals surface area (Å²) in [5, 5.41) is 44.2. The van der Waals surface area contributed by atoms with Crippen LogP contribution in [0.2, 0.25) is 0 Å². The van der Waals surface area contributed by atoms with Crippen LogP contribution in [0.3, 0.4) is 0 Å². The maximum absolute atomic E-state index is 10.4. The van der Waals surface area contributed by atoms with Gasteiger partial charge in [0.2, 0.25) is 0 Å². The van der Waals surface area contributed by atoms with Gasteiger partial charge in [-0.3, -0.25) is 0 Å². The molecule has 12 heteroatoms. The summed E-state index contributed by atoms with van der Waals surface area (Å²) < 4.78 is 4.57. The normalized spacial score (nSPS) is 11.2. The van der Waals surface area contributed by atoms with Crippen LogP contribution in [0.1, 0.15) is 22.3 Å². The smallest absolute Gasteiger partial charge is 0.164 e. The van der Waals surface area contributed by atoms with Crippen molar-refractivity contribution in [2.24, 2.45) is 0 Å². The molecule has 17 rings (SSSR count). The molecule has 0 amide bonds. The molecule has 0 saturated heterocycles. The van der Waals surface area contributed by atoms with Gasteiger partial charge in [0.15, 0.2) is 34.9 Å². The number of rotatable bonds is 12. The number of hydrogen-bond acceptors (Lipinski definition) is 10. The van der Waals surface area contributed by atoms with Crippen LogP contribution in [0.5, 0.6) is 0 Å². The minimum absolute atomic E-state index is 0.422. The highest BCUT2D eigenvalue weighted by Crippen LogP contribution is 2.43. The topological polar surface area (TPSA) is 182 Å². The lowest BCUT2D eigenvalue weighted by Gasteiger charge is -2.16. The highest BCUT2D eigenvalue weighted by Gasteiger charge is 2.23. The summed E-state index contributed by atoms with van der Waals surface area (Å²) in [6.45, 7) is 0. The predicted octanol–water partition coefficient (Wildman–Crippen LogP) is 20.4. The van der Waals surface area contributed by atoms with Crippen molar-refractivity contribution in [3.05, 3.63) is 326 Å². The van der Waals surface area contributed by atoms with Crippen molar-refractivity contribution in [1.82, 2.24) is 39.0 Å². The molecule has 0 aliphatic rings. The summed E-state index contributed by atoms with van der Waals surface area (Å²) in [7, 11) is 0. The van der Waals surface area contributed by atoms with Crippen molar-refractivity contribution >= 4 is 43.6 Å². The molecule has 100 heavy (non-hydrogen) atoms. The van der Waals surface area contributed by atoms with Crippen molar-refractivity contribution in [3.8, 4) is 148 Å². The third kappa shape index (κ3) is 10.8. The Hall–Kier alpha value is -14.6. The van der Waals surface area contributed by atoms with Crippen molar-refractivity contribution in [2.75, 3.05) is 0 Å². The number of aromatic nitrogens is 8. The predicted molar refractivity (Wildman–Crippen MR) is 395 cm³/mol. The summed E-state index contributed by atoms with van der Waals surface area (Å²) in [6, 6.07) is 110. The highest BCUT2D eigenvalue weighted by molar-refractivity contribution is 6.12. The zero-order chi connectivity index (χ0) is 67.2. The Balaban J connectivity index is 0.892. The van der Waals surface area contributed by atoms with Gasteiger partial charge in [0, 0.05) is 66.3 Å². The fourth-order valence-electron chi connectivity index (χ4n) is 13.6. The van der Waals surface area contributed by atoms with E-state index < -0.39 is 0 Å². The van der Waals surface area contributed by atoms with Gasteiger partial charge in [0.25, 0.3) is 0 Å². The molecule has 462 valence electrons. The van der Waals surface area contributed by atoms with E-state index in [-0.39, 0.29) is 0 Å². The number of nitrogens with zero attached hydrogens (tertiary/aromatic N) is 12. The Morgan fingerprint density at radius 2 is 0.520 bits per heavy atom. The number of hydrogen-bond donors (Lipinski definition) is 0. The molecule has 13 aromatic carbocycles. The third-order valence-electron chi connectivity index (χ3n) is 18.3. The van der Waals surface area contributed by atoms with E-state index in [1.54, 1.807) is 24.3 Å². The van der Waals surface area contributed by atoms with Gasteiger partial charge in [-0.25, -0.2) is 29.9 Å². The van der Waals surface area contributed by atoms with Gasteiger partial charge < -0.3 is 9.13 Å². The maximum atomic E-state index is 10.4. The summed E-state index contributed by atoms with van der Waals surface area (Å²) in [5.74, 6) is 3.11. The summed E-state index contributed by atoms with van der Waals surface area (Å²) >= 11 is 0. The summed E-state index contributed by atoms with van der Waals surface area (Å²) in [6.07, 6.45) is 0. The molecule has 0 aliphatic heterocycles. The van der Waals surface area contributed by atoms with Gasteiger partial charge in [-0.2, -0.15) is 21.0 Å². The lowest BCUT2D eigenvalue weighted by Crippen LogP contribution is -2.02. The minimum Gasteiger partial charge on any atom is -0.309 e. The SMILES string of the molecule is N#Cc1ccc(-c2ccc3c(c2)c2ccccc2n3-c2cc(-c3cccc(-c4cc(-c5nc(-c6ccccc6)nc(-c6ccccc6)n5)cc(-n5c6ccccc6c6cc(-c7ccc(C#N)cc7C#N)ccc65)c4)c3)cc(-c3nc(-c4ccccc4)nc(-c4ccccc4)n3)c2)c(C#N)c1. The van der Waals surface area contributed by atoms with Crippen LogP contribution >= 0.6 is 0 Å². The van der Waals surface area contributed by atoms with Gasteiger partial charge in [0.1, 0.15) is 0 Å². The molecule has 0 aliphatic carbocycles. The zero-order valence-corrected chi connectivity index (χ0v) is 53.2. The summed E-state index contributed by atoms with van der Waals surface area (Å²) in [5.41, 5.74) is 18.9. The molecule has 12 nitrogen and oxygen atoms in total. The first-order valence-corrected chi connectivity index (χ1v) is 32.5. The highest BCUT2D eigenvalue weighted by atomic mass is 15.1. The molecule has 17 aromatic rings. The first kappa shape index (κ1) is 59.2. The first-order chi connectivity index (χ1) is 49.3. The van der Waals surface area contributed by atoms with Gasteiger partial charge in [-0.05, 0) is 148 Å². The van der Waals surface area contributed by atoms with Gasteiger partial charge >= 0.3 is 0 Å². The fraction of sp³-hybridized carbons (Fsp3) is 0. The molecule has 0 bridgehead atoms. The van der Waals surface area contributed by atoms with Crippen LogP contribution in [-0.4, -0.2) is 39.0 Å². The van der Waals surface area contributed by atoms with E-state index in [4.69, 9.17) is 29.9 Å². The van der Waals surface area contributed by atoms with E-state index in [2.05, 4.69) is 155 Å². The molecular weight excluding hydrogens is 1230 g/mol. The molecule has 0 spiro atoms. The molecule has 0 N–H and O–H groups in total. The van der Waals surface area contributed by atoms with Crippen LogP contribution in [0.4, 0.5) is 0 Å². The maximum Gasteiger partial charge on any atom is 0.164 e. The van der Waals surface area contributed by atoms with Gasteiger partial charge in [0.05, 0.1) is 68.6 Å². The molecule has 0 radical (unpaired) electrons. The second-order valence-corrected chi connectivity index (χ2v) is 24.3. The van der Waals surface area contributed by atoms with E-state index in [1.807, 2.05) is 158 Å². The number of nitriles is 4. The van der Waals surface area contributed by atoms with Crippen LogP contribution < -0.4 is 0 Å². The fourth-order valence-corrected chi connectivity index (χ4v) is 13.6. The van der Waals surface area contributed by atoms with Gasteiger partial charge in [-0.15, -0.1) is 0 Å². The summed E-state index contributed by atoms with van der Waals surface area (Å²) in [4.78, 5) is 31.4. The van der Waals surface area contributed by atoms with Crippen LogP contribution in [0, 0.1) is 45.3 Å². The van der Waals surface area contributed by atoms with Crippen LogP contribution in [-0.2, 0) is 0 Å². The molecule has 0 unspecified atom stereocenters. The number of benzene rings is 13. The quantitative estimate of drug-likeness (QED) is 0.114. The Morgan fingerprint density at radius 3 is 0.880 bits per heavy atom. The van der Waals surface area contributed by atoms with E-state index in [9.17, 15) is 21.0 Å². The Bertz CT molecular complexity index is 5830. The van der Waals surface area contributed by atoms with Crippen LogP contribution in [0.15, 0.2) is 303 Å². The van der Waals surface area contributed by atoms with Crippen LogP contribution in [0.25, 0.3) is 168 Å². The average molecular weight is 1280 g/mol. The number of para-hydroxylation sites is 2. The van der Waals surface area contributed by atoms with Crippen molar-refractivity contribution in [2.45, 2.75) is 0 Å². The lowest BCUT2D eigenvalue weighted by atomic mass is 9.95. The van der Waals surface area contributed by atoms with E-state index in [0.717, 1.165) is 133 Å². The lowest BCUT2D eigenvalue weighted by molar-refractivity contribution is 1.07. The largest absolute Gasteiger partial charge is 0.309 e. The molecule has 0 fully saturated rings. The monoisotopic (exact) mass is 1270 g/mol. The Kier molecular flexibility index (Phi) is 14.8. The first-order valence-electron chi connectivity index (χ1n) is 32.5. The average Bonchev–Trinajstić information content (AvgIpc) is 1.58. The molecular formula is C88H50N12. The molecule has 0 atom stereocenters. The van der Waals surface area contributed by atoms with Crippen molar-refractivity contribution < 1.29 is 0 Å². The Morgan fingerprint density at radius 1 is 0.210 bits per heavy atom. The second-order valence-electron chi connectivity index (χ2n) is 24.3. The second kappa shape index (κ2) is 25.0. The number of fused-ring (bicyclic) bond motifs is 6. The standard InChI is InChI=1S/C88H50N12/c89-51-55-32-36-73(69(40-55)53-91)63-34-38-81-77(49-63)75-28-13-15-30-79(75)99(81)71-45-65(43-67(47-71)87-95-83(57-18-5-1-6-19-57)93-84(96-87)58-20-7-2-8-21-58)61-26-17-27-62(42-61)66-44-68(88-97-85(59-22-9-3-10-23-59)94-86(98-88)60-24-11-4-12-25-60)48-72(46-66)100-80-31-16-14-29-76(80)78-50-64(35-39-82(78)100)74-37-33-56(52-90)41-70(74)54-92/h1-50H. The Labute approximate surface area is 574 Å². The third-order valence-corrected chi connectivity index (χ3v) is 18.3. The molecule has 0 saturated carbocycles. The molecule has 4 aromatic heterocycles. The van der Waals surface area contributed by atoms with E-state index in [1.165, 1.54) is 0 Å². The van der Waals surface area contributed by atoms with Crippen molar-refractivity contribution in [3.63, 3.8) is 0 Å². The molecule has 4 heterocycles. The van der Waals surface area contributed by atoms with E-state index >= 15 is 0 Å². The van der Waals surface area contributed by atoms with Crippen molar-refractivity contribution in [1.29, 1.82) is 21.0 Å². The van der Waals surface area contributed by atoms with Gasteiger partial charge in [-0.1, -0.05) is 200 Å². The van der Waals surface area contributed by atoms with E-state index in [0.29, 0.717) is 57.2 Å². The minimum atomic E-state index is 0.422. The zero-order valence-electron chi connectivity index (χ0n) is 53.2.